The molecular weight excluding hydrogens is 737 g/mol. The number of Topliss-reactive ketones (excluding diaryl/α,β-unsaturated/α-hetero) is 1. The summed E-state index contributed by atoms with van der Waals surface area (Å²) in [5.41, 5.74) is 3.19. The zero-order valence-corrected chi connectivity index (χ0v) is 36.0. The first-order chi connectivity index (χ1) is 27.5. The molecule has 0 aliphatic carbocycles. The summed E-state index contributed by atoms with van der Waals surface area (Å²) < 4.78 is 6.13. The number of carbonyl (C=O) groups excluding carboxylic acids is 5. The average Bonchev–Trinajstić information content (AvgIpc) is 3.58. The normalized spacial score (nSPS) is 17.5. The van der Waals surface area contributed by atoms with Gasteiger partial charge in [-0.2, -0.15) is 0 Å². The first-order valence-corrected chi connectivity index (χ1v) is 21.3. The second-order valence-electron chi connectivity index (χ2n) is 16.9. The van der Waals surface area contributed by atoms with Crippen LogP contribution in [0.15, 0.2) is 48.5 Å². The number of benzene rings is 2. The van der Waals surface area contributed by atoms with Gasteiger partial charge in [-0.3, -0.25) is 24.0 Å². The van der Waals surface area contributed by atoms with Crippen LogP contribution in [0.4, 0.5) is 0 Å². The Bertz CT molecular complexity index is 1670. The number of nitrogens with one attached hydrogen (secondary N) is 3. The van der Waals surface area contributed by atoms with E-state index in [9.17, 15) is 33.9 Å². The number of rotatable bonds is 23. The van der Waals surface area contributed by atoms with E-state index in [4.69, 9.17) is 4.74 Å². The van der Waals surface area contributed by atoms with Gasteiger partial charge in [-0.25, -0.2) is 4.79 Å². The number of carboxylic acids is 1. The third-order valence-corrected chi connectivity index (χ3v) is 10.7. The highest BCUT2D eigenvalue weighted by Crippen LogP contribution is 2.26. The lowest BCUT2D eigenvalue weighted by Gasteiger charge is -2.33. The Hall–Kier alpha value is -4.58. The van der Waals surface area contributed by atoms with Crippen LogP contribution in [0, 0.1) is 11.8 Å². The molecule has 1 aliphatic rings. The van der Waals surface area contributed by atoms with Crippen molar-refractivity contribution in [2.24, 2.45) is 11.8 Å². The molecule has 2 aromatic carbocycles. The summed E-state index contributed by atoms with van der Waals surface area (Å²) in [7, 11) is 0. The molecule has 4 amide bonds. The first-order valence-electron chi connectivity index (χ1n) is 21.3. The molecule has 0 radical (unpaired) electrons. The van der Waals surface area contributed by atoms with Gasteiger partial charge < -0.3 is 30.7 Å². The van der Waals surface area contributed by atoms with Crippen molar-refractivity contribution < 1.29 is 38.6 Å². The molecule has 1 saturated heterocycles. The Balaban J connectivity index is 1.64. The fraction of sp³-hybridized carbons (Fsp3) is 0.609. The Morgan fingerprint density at radius 1 is 0.879 bits per heavy atom. The Kier molecular flexibility index (Phi) is 19.1. The van der Waals surface area contributed by atoms with E-state index in [0.29, 0.717) is 31.4 Å². The van der Waals surface area contributed by atoms with Crippen LogP contribution in [0.5, 0.6) is 0 Å². The molecule has 12 nitrogen and oxygen atoms in total. The maximum atomic E-state index is 14.0. The monoisotopic (exact) mass is 805 g/mol. The summed E-state index contributed by atoms with van der Waals surface area (Å²) in [6, 6.07) is 12.8. The highest BCUT2D eigenvalue weighted by atomic mass is 16.5. The molecule has 320 valence electrons. The van der Waals surface area contributed by atoms with Crippen LogP contribution in [0.3, 0.4) is 0 Å². The maximum absolute atomic E-state index is 14.0. The molecule has 4 N–H and O–H groups in total. The molecule has 3 rings (SSSR count). The molecule has 0 saturated carbocycles. The predicted molar refractivity (Wildman–Crippen MR) is 226 cm³/mol. The topological polar surface area (TPSA) is 171 Å². The third kappa shape index (κ3) is 15.0. The zero-order valence-electron chi connectivity index (χ0n) is 36.0. The first kappa shape index (κ1) is 47.8. The molecule has 0 bridgehead atoms. The minimum absolute atomic E-state index is 0.0142. The Morgan fingerprint density at radius 2 is 1.50 bits per heavy atom. The lowest BCUT2D eigenvalue weighted by molar-refractivity contribution is -0.144. The number of hydrogen-bond acceptors (Lipinski definition) is 7. The number of aryl methyl sites for hydroxylation is 1. The molecule has 1 fully saturated rings. The summed E-state index contributed by atoms with van der Waals surface area (Å²) in [5, 5.41) is 18.0. The SMILES string of the molecule is CCCCC[C@H](NC(=O)[C@H](CC)CC(=O)[C@@H](NC(=O)[C@@H]1C[C@H](C)CN1C(=O)CCNC(=O)c1ccc(-c2ccc(CCCC)cc2)cc1)[C@@H](C)OC(C)(C)C)C(=O)O. The molecular formula is C46H68N4O8. The van der Waals surface area contributed by atoms with Crippen molar-refractivity contribution in [3.05, 3.63) is 59.7 Å². The van der Waals surface area contributed by atoms with Crippen LogP contribution in [-0.4, -0.2) is 88.3 Å². The van der Waals surface area contributed by atoms with Crippen LogP contribution in [0.2, 0.25) is 0 Å². The van der Waals surface area contributed by atoms with Crippen LogP contribution in [0.1, 0.15) is 136 Å². The van der Waals surface area contributed by atoms with E-state index in [1.807, 2.05) is 46.8 Å². The minimum Gasteiger partial charge on any atom is -0.480 e. The van der Waals surface area contributed by atoms with E-state index < -0.39 is 59.3 Å². The third-order valence-electron chi connectivity index (χ3n) is 10.7. The summed E-state index contributed by atoms with van der Waals surface area (Å²) in [5.74, 6) is -3.97. The van der Waals surface area contributed by atoms with Crippen molar-refractivity contribution in [3.63, 3.8) is 0 Å². The molecule has 0 unspecified atom stereocenters. The number of ketones is 1. The number of aliphatic carboxylic acids is 1. The molecule has 2 aromatic rings. The second-order valence-corrected chi connectivity index (χ2v) is 16.9. The van der Waals surface area contributed by atoms with Gasteiger partial charge in [0.2, 0.25) is 17.7 Å². The van der Waals surface area contributed by atoms with Crippen LogP contribution >= 0.6 is 0 Å². The van der Waals surface area contributed by atoms with Gasteiger partial charge in [0.25, 0.3) is 5.91 Å². The van der Waals surface area contributed by atoms with Crippen LogP contribution in [-0.2, 0) is 35.1 Å². The number of likely N-dealkylation sites (tertiary alicyclic amines) is 1. The molecule has 6 atom stereocenters. The summed E-state index contributed by atoms with van der Waals surface area (Å²) in [6.07, 6.45) is 5.70. The molecule has 58 heavy (non-hydrogen) atoms. The Morgan fingerprint density at radius 3 is 2.07 bits per heavy atom. The van der Waals surface area contributed by atoms with Crippen LogP contribution < -0.4 is 16.0 Å². The molecule has 12 heteroatoms. The highest BCUT2D eigenvalue weighted by molar-refractivity contribution is 5.96. The molecule has 1 aliphatic heterocycles. The predicted octanol–water partition coefficient (Wildman–Crippen LogP) is 6.88. The average molecular weight is 805 g/mol. The van der Waals surface area contributed by atoms with Gasteiger partial charge in [0.15, 0.2) is 5.78 Å². The van der Waals surface area contributed by atoms with Gasteiger partial charge in [0, 0.05) is 37.4 Å². The van der Waals surface area contributed by atoms with E-state index >= 15 is 0 Å². The smallest absolute Gasteiger partial charge is 0.326 e. The summed E-state index contributed by atoms with van der Waals surface area (Å²) in [6.45, 7) is 15.5. The van der Waals surface area contributed by atoms with Crippen LogP contribution in [0.25, 0.3) is 11.1 Å². The number of hydrogen-bond donors (Lipinski definition) is 4. The van der Waals surface area contributed by atoms with Crippen molar-refractivity contribution in [1.29, 1.82) is 0 Å². The van der Waals surface area contributed by atoms with Gasteiger partial charge >= 0.3 is 5.97 Å². The Labute approximate surface area is 345 Å². The van der Waals surface area contributed by atoms with E-state index in [2.05, 4.69) is 47.1 Å². The van der Waals surface area contributed by atoms with Crippen molar-refractivity contribution in [2.45, 2.75) is 156 Å². The van der Waals surface area contributed by atoms with E-state index in [0.717, 1.165) is 43.2 Å². The fourth-order valence-electron chi connectivity index (χ4n) is 7.43. The van der Waals surface area contributed by atoms with E-state index in [1.165, 1.54) is 10.5 Å². The fourth-order valence-corrected chi connectivity index (χ4v) is 7.43. The highest BCUT2D eigenvalue weighted by Gasteiger charge is 2.41. The number of amides is 4. The number of carbonyl (C=O) groups is 6. The quantitative estimate of drug-likeness (QED) is 0.0882. The number of carboxylic acid groups (broad SMARTS) is 1. The van der Waals surface area contributed by atoms with Crippen molar-refractivity contribution >= 4 is 35.4 Å². The largest absolute Gasteiger partial charge is 0.480 e. The van der Waals surface area contributed by atoms with Gasteiger partial charge in [0.1, 0.15) is 18.1 Å². The molecule has 0 spiro atoms. The summed E-state index contributed by atoms with van der Waals surface area (Å²) >= 11 is 0. The molecule has 0 aromatic heterocycles. The van der Waals surface area contributed by atoms with Gasteiger partial charge in [-0.1, -0.05) is 89.8 Å². The number of unbranched alkanes of at least 4 members (excludes halogenated alkanes) is 3. The van der Waals surface area contributed by atoms with E-state index in [1.54, 1.807) is 26.0 Å². The van der Waals surface area contributed by atoms with Gasteiger partial charge in [0.05, 0.1) is 11.7 Å². The standard InChI is InChI=1S/C46H68N4O8/c1-9-12-14-16-37(45(56)57)48-43(54)33(11-3)28-39(51)41(31(5)58-46(6,7)8)49-44(55)38-27-30(4)29-50(38)40(52)25-26-47-42(53)36-23-21-35(22-24-36)34-19-17-32(18-20-34)15-13-10-2/h17-24,30-31,33,37-38,41H,9-16,25-29H2,1-8H3,(H,47,53)(H,48,54)(H,49,55)(H,56,57)/t30-,31+,33+,37-,38-,41-/m0/s1. The lowest BCUT2D eigenvalue weighted by atomic mass is 9.92. The second kappa shape index (κ2) is 23.1. The summed E-state index contributed by atoms with van der Waals surface area (Å²) in [4.78, 5) is 81.1. The van der Waals surface area contributed by atoms with Crippen molar-refractivity contribution in [3.8, 4) is 11.1 Å². The number of ether oxygens (including phenoxy) is 1. The van der Waals surface area contributed by atoms with Gasteiger partial charge in [-0.05, 0) is 94.5 Å². The number of nitrogens with zero attached hydrogens (tertiary/aromatic N) is 1. The maximum Gasteiger partial charge on any atom is 0.326 e. The van der Waals surface area contributed by atoms with Crippen molar-refractivity contribution in [1.82, 2.24) is 20.9 Å². The van der Waals surface area contributed by atoms with Crippen molar-refractivity contribution in [2.75, 3.05) is 13.1 Å². The lowest BCUT2D eigenvalue weighted by Crippen LogP contribution is -2.56. The molecule has 1 heterocycles. The van der Waals surface area contributed by atoms with Gasteiger partial charge in [-0.15, -0.1) is 0 Å². The minimum atomic E-state index is -1.13. The zero-order chi connectivity index (χ0) is 43.0. The van der Waals surface area contributed by atoms with E-state index in [-0.39, 0.29) is 43.5 Å².